The highest BCUT2D eigenvalue weighted by Gasteiger charge is 2.58. The van der Waals surface area contributed by atoms with Crippen LogP contribution >= 0.6 is 0 Å². The van der Waals surface area contributed by atoms with E-state index < -0.39 is 0 Å². The molecule has 3 rings (SSSR count). The van der Waals surface area contributed by atoms with Gasteiger partial charge >= 0.3 is 0 Å². The first-order valence-corrected chi connectivity index (χ1v) is 3.76. The van der Waals surface area contributed by atoms with Crippen LogP contribution in [-0.4, -0.2) is 24.4 Å². The van der Waals surface area contributed by atoms with Crippen molar-refractivity contribution < 1.29 is 9.47 Å². The molecular weight excluding hydrogens is 116 g/mol. The van der Waals surface area contributed by atoms with Gasteiger partial charge in [0.15, 0.2) is 0 Å². The molecule has 3 fully saturated rings. The van der Waals surface area contributed by atoms with E-state index in [9.17, 15) is 0 Å². The highest BCUT2D eigenvalue weighted by molar-refractivity contribution is 5.05. The van der Waals surface area contributed by atoms with E-state index >= 15 is 0 Å². The van der Waals surface area contributed by atoms with Crippen molar-refractivity contribution in [3.8, 4) is 0 Å². The molecule has 0 spiro atoms. The van der Waals surface area contributed by atoms with Crippen molar-refractivity contribution in [2.75, 3.05) is 0 Å². The van der Waals surface area contributed by atoms with Crippen molar-refractivity contribution in [1.29, 1.82) is 0 Å². The number of ether oxygens (including phenoxy) is 2. The SMILES string of the molecule is C1C[C@@H]2O[C@@H]2[C@@H]2O[C@@H]2C1. The molecule has 0 aromatic heterocycles. The van der Waals surface area contributed by atoms with Gasteiger partial charge in [0, 0.05) is 0 Å². The van der Waals surface area contributed by atoms with Crippen LogP contribution in [0.15, 0.2) is 0 Å². The van der Waals surface area contributed by atoms with E-state index in [2.05, 4.69) is 0 Å². The number of epoxide rings is 2. The van der Waals surface area contributed by atoms with Crippen LogP contribution in [0.5, 0.6) is 0 Å². The first kappa shape index (κ1) is 4.69. The zero-order valence-electron chi connectivity index (χ0n) is 5.25. The van der Waals surface area contributed by atoms with Crippen molar-refractivity contribution in [1.82, 2.24) is 0 Å². The van der Waals surface area contributed by atoms with Crippen LogP contribution in [0.3, 0.4) is 0 Å². The highest BCUT2D eigenvalue weighted by Crippen LogP contribution is 2.45. The number of rotatable bonds is 0. The summed E-state index contributed by atoms with van der Waals surface area (Å²) in [6.07, 6.45) is 6.06. The van der Waals surface area contributed by atoms with Gasteiger partial charge in [0.05, 0.1) is 12.2 Å². The van der Waals surface area contributed by atoms with Crippen molar-refractivity contribution in [2.45, 2.75) is 43.7 Å². The number of hydrogen-bond donors (Lipinski definition) is 0. The Bertz CT molecular complexity index is 130. The average molecular weight is 126 g/mol. The molecule has 1 saturated carbocycles. The van der Waals surface area contributed by atoms with E-state index in [4.69, 9.17) is 9.47 Å². The molecule has 0 unspecified atom stereocenters. The van der Waals surface area contributed by atoms with Gasteiger partial charge in [-0.25, -0.2) is 0 Å². The van der Waals surface area contributed by atoms with E-state index in [1.165, 1.54) is 19.3 Å². The van der Waals surface area contributed by atoms with Crippen LogP contribution in [0.25, 0.3) is 0 Å². The summed E-state index contributed by atoms with van der Waals surface area (Å²) in [5, 5.41) is 0. The zero-order valence-corrected chi connectivity index (χ0v) is 5.25. The lowest BCUT2D eigenvalue weighted by molar-refractivity contribution is 0.311. The smallest absolute Gasteiger partial charge is 0.113 e. The van der Waals surface area contributed by atoms with Crippen LogP contribution in [0.4, 0.5) is 0 Å². The molecule has 9 heavy (non-hydrogen) atoms. The molecule has 2 heterocycles. The summed E-state index contributed by atoms with van der Waals surface area (Å²) in [5.41, 5.74) is 0. The molecule has 2 heteroatoms. The molecule has 1 aliphatic carbocycles. The highest BCUT2D eigenvalue weighted by atomic mass is 16.7. The predicted octanol–water partition coefficient (Wildman–Crippen LogP) is 0.705. The van der Waals surface area contributed by atoms with Crippen molar-refractivity contribution in [3.63, 3.8) is 0 Å². The summed E-state index contributed by atoms with van der Waals surface area (Å²) >= 11 is 0. The van der Waals surface area contributed by atoms with E-state index in [0.717, 1.165) is 0 Å². The van der Waals surface area contributed by atoms with Crippen LogP contribution in [-0.2, 0) is 9.47 Å². The number of hydrogen-bond acceptors (Lipinski definition) is 2. The van der Waals surface area contributed by atoms with Crippen LogP contribution in [0, 0.1) is 0 Å². The van der Waals surface area contributed by atoms with E-state index in [1.54, 1.807) is 0 Å². The normalized spacial score (nSPS) is 61.3. The Balaban J connectivity index is 1.81. The first-order valence-electron chi connectivity index (χ1n) is 3.76. The third-order valence-corrected chi connectivity index (χ3v) is 2.54. The maximum atomic E-state index is 5.39. The van der Waals surface area contributed by atoms with Crippen LogP contribution in [0.1, 0.15) is 19.3 Å². The fourth-order valence-electron chi connectivity index (χ4n) is 1.88. The summed E-state index contributed by atoms with van der Waals surface area (Å²) in [5.74, 6) is 0. The molecule has 0 N–H and O–H groups in total. The summed E-state index contributed by atoms with van der Waals surface area (Å²) < 4.78 is 10.8. The van der Waals surface area contributed by atoms with Gasteiger partial charge in [-0.2, -0.15) is 0 Å². The van der Waals surface area contributed by atoms with E-state index in [1.807, 2.05) is 0 Å². The standard InChI is InChI=1S/C7H10O2/c1-2-4-6(8-4)7-5(3-1)9-7/h4-7H,1-3H2/t4-,5+,6-,7+. The second-order valence-corrected chi connectivity index (χ2v) is 3.21. The molecular formula is C7H10O2. The van der Waals surface area contributed by atoms with Gasteiger partial charge in [-0.15, -0.1) is 0 Å². The maximum absolute atomic E-state index is 5.39. The van der Waals surface area contributed by atoms with Gasteiger partial charge in [0.1, 0.15) is 12.2 Å². The molecule has 0 bridgehead atoms. The second-order valence-electron chi connectivity index (χ2n) is 3.21. The number of fused-ring (bicyclic) bond motifs is 3. The topological polar surface area (TPSA) is 25.1 Å². The average Bonchev–Trinajstić information content (AvgIpc) is 2.48. The second kappa shape index (κ2) is 1.32. The monoisotopic (exact) mass is 126 g/mol. The largest absolute Gasteiger partial charge is 0.367 e. The lowest BCUT2D eigenvalue weighted by atomic mass is 10.2. The van der Waals surface area contributed by atoms with Crippen LogP contribution in [0.2, 0.25) is 0 Å². The minimum Gasteiger partial charge on any atom is -0.367 e. The molecule has 2 saturated heterocycles. The maximum Gasteiger partial charge on any atom is 0.113 e. The lowest BCUT2D eigenvalue weighted by Gasteiger charge is -1.89. The van der Waals surface area contributed by atoms with Gasteiger partial charge in [-0.3, -0.25) is 0 Å². The van der Waals surface area contributed by atoms with Gasteiger partial charge in [-0.05, 0) is 19.3 Å². The minimum absolute atomic E-state index is 0.512. The summed E-state index contributed by atoms with van der Waals surface area (Å²) in [6, 6.07) is 0. The van der Waals surface area contributed by atoms with Crippen molar-refractivity contribution >= 4 is 0 Å². The molecule has 0 aromatic carbocycles. The molecule has 4 atom stereocenters. The van der Waals surface area contributed by atoms with Gasteiger partial charge < -0.3 is 9.47 Å². The van der Waals surface area contributed by atoms with Gasteiger partial charge in [0.2, 0.25) is 0 Å². The first-order chi connectivity index (χ1) is 4.45. The molecule has 3 aliphatic rings. The molecule has 50 valence electrons. The Hall–Kier alpha value is -0.0800. The molecule has 2 aliphatic heterocycles. The molecule has 0 radical (unpaired) electrons. The van der Waals surface area contributed by atoms with Crippen molar-refractivity contribution in [3.05, 3.63) is 0 Å². The lowest BCUT2D eigenvalue weighted by Crippen LogP contribution is -2.01. The third kappa shape index (κ3) is 0.578. The van der Waals surface area contributed by atoms with Crippen LogP contribution < -0.4 is 0 Å². The van der Waals surface area contributed by atoms with Crippen molar-refractivity contribution in [2.24, 2.45) is 0 Å². The summed E-state index contributed by atoms with van der Waals surface area (Å²) in [6.45, 7) is 0. The third-order valence-electron chi connectivity index (χ3n) is 2.54. The Morgan fingerprint density at radius 2 is 1.44 bits per heavy atom. The predicted molar refractivity (Wildman–Crippen MR) is 31.2 cm³/mol. The Morgan fingerprint density at radius 3 is 2.00 bits per heavy atom. The van der Waals surface area contributed by atoms with Gasteiger partial charge in [0.25, 0.3) is 0 Å². The Labute approximate surface area is 54.1 Å². The van der Waals surface area contributed by atoms with Gasteiger partial charge in [-0.1, -0.05) is 0 Å². The minimum atomic E-state index is 0.512. The summed E-state index contributed by atoms with van der Waals surface area (Å²) in [7, 11) is 0. The summed E-state index contributed by atoms with van der Waals surface area (Å²) in [4.78, 5) is 0. The fraction of sp³-hybridized carbons (Fsp3) is 1.00. The molecule has 0 aromatic rings. The quantitative estimate of drug-likeness (QED) is 0.446. The zero-order chi connectivity index (χ0) is 5.84. The van der Waals surface area contributed by atoms with E-state index in [-0.39, 0.29) is 0 Å². The Kier molecular flexibility index (Phi) is 0.691. The molecule has 2 nitrogen and oxygen atoms in total. The van der Waals surface area contributed by atoms with E-state index in [0.29, 0.717) is 24.4 Å². The molecule has 0 amide bonds. The fourth-order valence-corrected chi connectivity index (χ4v) is 1.88. The Morgan fingerprint density at radius 1 is 0.889 bits per heavy atom.